The molecule has 0 saturated carbocycles. The van der Waals surface area contributed by atoms with E-state index in [0.29, 0.717) is 0 Å². The molecule has 0 fully saturated rings. The summed E-state index contributed by atoms with van der Waals surface area (Å²) in [6.45, 7) is 4.88. The van der Waals surface area contributed by atoms with Gasteiger partial charge in [0.25, 0.3) is 0 Å². The number of allylic oxidation sites excluding steroid dienone is 1. The predicted molar refractivity (Wildman–Crippen MR) is 48.4 cm³/mol. The Balaban J connectivity index is 3.37. The zero-order chi connectivity index (χ0) is 10.9. The maximum Gasteiger partial charge on any atom is 0.418 e. The molecule has 0 aromatic carbocycles. The molecule has 0 aliphatic carbocycles. The molecule has 0 radical (unpaired) electrons. The van der Waals surface area contributed by atoms with Gasteiger partial charge in [-0.05, 0) is 24.6 Å². The number of nitrogen functional groups attached to an aromatic ring is 1. The van der Waals surface area contributed by atoms with Gasteiger partial charge in [0.2, 0.25) is 0 Å². The summed E-state index contributed by atoms with van der Waals surface area (Å²) in [5.41, 5.74) is 4.53. The van der Waals surface area contributed by atoms with Crippen molar-refractivity contribution in [1.29, 1.82) is 0 Å². The van der Waals surface area contributed by atoms with Crippen LogP contribution < -0.4 is 5.73 Å². The number of aromatic nitrogens is 1. The maximum absolute atomic E-state index is 12.4. The van der Waals surface area contributed by atoms with Crippen LogP contribution in [0.25, 0.3) is 5.57 Å². The third kappa shape index (κ3) is 2.04. The van der Waals surface area contributed by atoms with Gasteiger partial charge in [-0.2, -0.15) is 13.2 Å². The number of alkyl halides is 3. The standard InChI is InChI=1S/C9H9F3N2/c1-5(2)8-6(9(10,11)12)3-4-7(13)14-8/h3-4H,1H2,2H3,(H2,13,14). The van der Waals surface area contributed by atoms with Crippen LogP contribution >= 0.6 is 0 Å². The van der Waals surface area contributed by atoms with Crippen LogP contribution in [0.3, 0.4) is 0 Å². The molecule has 0 saturated heterocycles. The lowest BCUT2D eigenvalue weighted by molar-refractivity contribution is -0.138. The highest BCUT2D eigenvalue weighted by Crippen LogP contribution is 2.33. The van der Waals surface area contributed by atoms with E-state index in [4.69, 9.17) is 5.73 Å². The van der Waals surface area contributed by atoms with Gasteiger partial charge in [0, 0.05) is 0 Å². The molecular weight excluding hydrogens is 193 g/mol. The van der Waals surface area contributed by atoms with E-state index < -0.39 is 11.7 Å². The molecule has 0 bridgehead atoms. The first-order valence-electron chi connectivity index (χ1n) is 3.82. The van der Waals surface area contributed by atoms with Gasteiger partial charge in [0.15, 0.2) is 0 Å². The molecule has 0 aliphatic rings. The number of halogens is 3. The Hall–Kier alpha value is -1.52. The van der Waals surface area contributed by atoms with Gasteiger partial charge in [-0.3, -0.25) is 0 Å². The highest BCUT2D eigenvalue weighted by molar-refractivity contribution is 5.63. The van der Waals surface area contributed by atoms with E-state index in [1.54, 1.807) is 0 Å². The Kier molecular flexibility index (Phi) is 2.51. The average molecular weight is 202 g/mol. The molecule has 76 valence electrons. The Morgan fingerprint density at radius 2 is 2.00 bits per heavy atom. The molecule has 2 nitrogen and oxygen atoms in total. The van der Waals surface area contributed by atoms with Gasteiger partial charge >= 0.3 is 6.18 Å². The minimum atomic E-state index is -4.42. The van der Waals surface area contributed by atoms with Gasteiger partial charge in [-0.25, -0.2) is 4.98 Å². The first-order valence-corrected chi connectivity index (χ1v) is 3.82. The van der Waals surface area contributed by atoms with Crippen LogP contribution in [0.4, 0.5) is 19.0 Å². The van der Waals surface area contributed by atoms with Crippen molar-refractivity contribution in [2.45, 2.75) is 13.1 Å². The number of rotatable bonds is 1. The Morgan fingerprint density at radius 3 is 2.43 bits per heavy atom. The molecule has 1 aromatic rings. The summed E-state index contributed by atoms with van der Waals surface area (Å²) < 4.78 is 37.3. The summed E-state index contributed by atoms with van der Waals surface area (Å²) >= 11 is 0. The number of hydrogen-bond acceptors (Lipinski definition) is 2. The van der Waals surface area contributed by atoms with Crippen LogP contribution in [-0.4, -0.2) is 4.98 Å². The summed E-state index contributed by atoms with van der Waals surface area (Å²) in [6, 6.07) is 2.03. The number of nitrogens with zero attached hydrogens (tertiary/aromatic N) is 1. The third-order valence-electron chi connectivity index (χ3n) is 1.63. The van der Waals surface area contributed by atoms with Crippen molar-refractivity contribution in [2.75, 3.05) is 5.73 Å². The molecule has 0 amide bonds. The van der Waals surface area contributed by atoms with Crippen molar-refractivity contribution < 1.29 is 13.2 Å². The second-order valence-corrected chi connectivity index (χ2v) is 2.91. The molecule has 0 aliphatic heterocycles. The zero-order valence-electron chi connectivity index (χ0n) is 7.52. The summed E-state index contributed by atoms with van der Waals surface area (Å²) in [7, 11) is 0. The van der Waals surface area contributed by atoms with Crippen LogP contribution in [0.2, 0.25) is 0 Å². The lowest BCUT2D eigenvalue weighted by atomic mass is 10.1. The Labute approximate surface area is 79.3 Å². The lowest BCUT2D eigenvalue weighted by Crippen LogP contribution is -2.10. The second kappa shape index (κ2) is 3.32. The fourth-order valence-electron chi connectivity index (χ4n) is 1.03. The predicted octanol–water partition coefficient (Wildman–Crippen LogP) is 2.72. The lowest BCUT2D eigenvalue weighted by Gasteiger charge is -2.11. The fraction of sp³-hybridized carbons (Fsp3) is 0.222. The Morgan fingerprint density at radius 1 is 1.43 bits per heavy atom. The summed E-state index contributed by atoms with van der Waals surface area (Å²) in [5.74, 6) is 0.0519. The smallest absolute Gasteiger partial charge is 0.384 e. The molecule has 14 heavy (non-hydrogen) atoms. The minimum Gasteiger partial charge on any atom is -0.384 e. The molecule has 1 heterocycles. The van der Waals surface area contributed by atoms with E-state index in [1.165, 1.54) is 6.92 Å². The van der Waals surface area contributed by atoms with Crippen LogP contribution in [0, 0.1) is 0 Å². The Bertz CT molecular complexity index is 369. The zero-order valence-corrected chi connectivity index (χ0v) is 7.52. The van der Waals surface area contributed by atoms with E-state index in [-0.39, 0.29) is 17.1 Å². The van der Waals surface area contributed by atoms with Crippen LogP contribution in [0.5, 0.6) is 0 Å². The van der Waals surface area contributed by atoms with E-state index in [0.717, 1.165) is 12.1 Å². The molecule has 0 atom stereocenters. The molecular formula is C9H9F3N2. The van der Waals surface area contributed by atoms with Gasteiger partial charge in [0.05, 0.1) is 11.3 Å². The van der Waals surface area contributed by atoms with Crippen molar-refractivity contribution >= 4 is 11.4 Å². The summed E-state index contributed by atoms with van der Waals surface area (Å²) in [4.78, 5) is 3.60. The van der Waals surface area contributed by atoms with E-state index >= 15 is 0 Å². The van der Waals surface area contributed by atoms with Crippen molar-refractivity contribution in [3.05, 3.63) is 30.0 Å². The largest absolute Gasteiger partial charge is 0.418 e. The number of nitrogens with two attached hydrogens (primary N) is 1. The maximum atomic E-state index is 12.4. The first kappa shape index (κ1) is 10.6. The van der Waals surface area contributed by atoms with Crippen LogP contribution in [0.15, 0.2) is 18.7 Å². The van der Waals surface area contributed by atoms with Crippen LogP contribution in [0.1, 0.15) is 18.2 Å². The normalized spacial score (nSPS) is 11.4. The average Bonchev–Trinajstić information content (AvgIpc) is 2.01. The van der Waals surface area contributed by atoms with Gasteiger partial charge in [-0.1, -0.05) is 6.58 Å². The SMILES string of the molecule is C=C(C)c1nc(N)ccc1C(F)(F)F. The van der Waals surface area contributed by atoms with Crippen molar-refractivity contribution in [3.63, 3.8) is 0 Å². The second-order valence-electron chi connectivity index (χ2n) is 2.91. The van der Waals surface area contributed by atoms with Crippen LogP contribution in [-0.2, 0) is 6.18 Å². The summed E-state index contributed by atoms with van der Waals surface area (Å²) in [5, 5.41) is 0. The van der Waals surface area contributed by atoms with Gasteiger partial charge in [0.1, 0.15) is 5.82 Å². The van der Waals surface area contributed by atoms with E-state index in [2.05, 4.69) is 11.6 Å². The topological polar surface area (TPSA) is 38.9 Å². The quantitative estimate of drug-likeness (QED) is 0.760. The number of anilines is 1. The van der Waals surface area contributed by atoms with Crippen molar-refractivity contribution in [2.24, 2.45) is 0 Å². The molecule has 1 aromatic heterocycles. The van der Waals surface area contributed by atoms with E-state index in [9.17, 15) is 13.2 Å². The summed E-state index contributed by atoms with van der Waals surface area (Å²) in [6.07, 6.45) is -4.42. The highest BCUT2D eigenvalue weighted by Gasteiger charge is 2.34. The minimum absolute atomic E-state index is 0.0519. The molecule has 0 spiro atoms. The van der Waals surface area contributed by atoms with Crippen molar-refractivity contribution in [1.82, 2.24) is 4.98 Å². The molecule has 1 rings (SSSR count). The van der Waals surface area contributed by atoms with E-state index in [1.807, 2.05) is 0 Å². The van der Waals surface area contributed by atoms with Gasteiger partial charge < -0.3 is 5.73 Å². The fourth-order valence-corrected chi connectivity index (χ4v) is 1.03. The first-order chi connectivity index (χ1) is 6.32. The van der Waals surface area contributed by atoms with Crippen molar-refractivity contribution in [3.8, 4) is 0 Å². The molecule has 0 unspecified atom stereocenters. The third-order valence-corrected chi connectivity index (χ3v) is 1.63. The monoisotopic (exact) mass is 202 g/mol. The molecule has 2 N–H and O–H groups in total. The molecule has 5 heteroatoms. The highest BCUT2D eigenvalue weighted by atomic mass is 19.4. The van der Waals surface area contributed by atoms with Gasteiger partial charge in [-0.15, -0.1) is 0 Å². The number of pyridine rings is 1. The number of hydrogen-bond donors (Lipinski definition) is 1.